The maximum absolute atomic E-state index is 5.77. The Balaban J connectivity index is 1.70. The van der Waals surface area contributed by atoms with Gasteiger partial charge in [0.15, 0.2) is 0 Å². The second-order valence-corrected chi connectivity index (χ2v) is 4.59. The van der Waals surface area contributed by atoms with E-state index >= 15 is 0 Å². The summed E-state index contributed by atoms with van der Waals surface area (Å²) in [6.07, 6.45) is 0.400. The number of rotatable bonds is 2. The smallest absolute Gasteiger partial charge is 0.0867 e. The summed E-state index contributed by atoms with van der Waals surface area (Å²) in [4.78, 5) is 2.55. The van der Waals surface area contributed by atoms with E-state index in [0.29, 0.717) is 12.1 Å². The first-order chi connectivity index (χ1) is 7.93. The molecule has 86 valence electrons. The maximum atomic E-state index is 5.77. The van der Waals surface area contributed by atoms with Crippen LogP contribution in [0.1, 0.15) is 5.56 Å². The number of nitrogens with one attached hydrogen (secondary N) is 1. The van der Waals surface area contributed by atoms with Crippen LogP contribution in [0.25, 0.3) is 0 Å². The average molecular weight is 218 g/mol. The van der Waals surface area contributed by atoms with Crippen molar-refractivity contribution < 1.29 is 4.74 Å². The molecule has 1 aromatic carbocycles. The Bertz CT molecular complexity index is 341. The molecule has 1 N–H and O–H groups in total. The van der Waals surface area contributed by atoms with Gasteiger partial charge >= 0.3 is 0 Å². The zero-order chi connectivity index (χ0) is 10.8. The summed E-state index contributed by atoms with van der Waals surface area (Å²) in [5, 5.41) is 3.41. The summed E-state index contributed by atoms with van der Waals surface area (Å²) in [6, 6.07) is 11.3. The van der Waals surface area contributed by atoms with Gasteiger partial charge in [0.2, 0.25) is 0 Å². The molecule has 0 unspecified atom stereocenters. The Kier molecular flexibility index (Phi) is 2.91. The van der Waals surface area contributed by atoms with E-state index < -0.39 is 0 Å². The summed E-state index contributed by atoms with van der Waals surface area (Å²) in [7, 11) is 0. The van der Waals surface area contributed by atoms with Crippen LogP contribution in [0.3, 0.4) is 0 Å². The van der Waals surface area contributed by atoms with Gasteiger partial charge < -0.3 is 10.1 Å². The fourth-order valence-electron chi connectivity index (χ4n) is 2.68. The molecule has 0 bridgehead atoms. The molecular formula is C13H18N2O. The second kappa shape index (κ2) is 4.53. The van der Waals surface area contributed by atoms with Crippen LogP contribution in [0.5, 0.6) is 0 Å². The molecular weight excluding hydrogens is 200 g/mol. The predicted molar refractivity (Wildman–Crippen MR) is 63.2 cm³/mol. The number of benzene rings is 1. The Hall–Kier alpha value is -0.900. The minimum atomic E-state index is 0.400. The van der Waals surface area contributed by atoms with E-state index in [-0.39, 0.29) is 0 Å². The van der Waals surface area contributed by atoms with Crippen LogP contribution in [-0.4, -0.2) is 43.3 Å². The molecule has 0 aliphatic carbocycles. The zero-order valence-corrected chi connectivity index (χ0v) is 9.43. The van der Waals surface area contributed by atoms with E-state index in [1.54, 1.807) is 0 Å². The van der Waals surface area contributed by atoms with Crippen LogP contribution >= 0.6 is 0 Å². The molecule has 3 nitrogen and oxygen atoms in total. The zero-order valence-electron chi connectivity index (χ0n) is 9.43. The van der Waals surface area contributed by atoms with Gasteiger partial charge in [-0.05, 0) is 5.56 Å². The number of fused-ring (bicyclic) bond motifs is 1. The molecule has 0 aromatic heterocycles. The molecule has 0 radical (unpaired) electrons. The van der Waals surface area contributed by atoms with Gasteiger partial charge in [-0.1, -0.05) is 30.3 Å². The molecule has 0 saturated carbocycles. The van der Waals surface area contributed by atoms with Crippen LogP contribution in [0.15, 0.2) is 30.3 Å². The minimum absolute atomic E-state index is 0.400. The lowest BCUT2D eigenvalue weighted by atomic mass is 10.1. The maximum Gasteiger partial charge on any atom is 0.0867 e. The number of morpholine rings is 1. The van der Waals surface area contributed by atoms with Gasteiger partial charge in [-0.3, -0.25) is 4.90 Å². The number of ether oxygens (including phenoxy) is 1. The Morgan fingerprint density at radius 2 is 2.12 bits per heavy atom. The summed E-state index contributed by atoms with van der Waals surface area (Å²) in [6.45, 7) is 5.05. The predicted octanol–water partition coefficient (Wildman–Crippen LogP) is 0.859. The van der Waals surface area contributed by atoms with Crippen molar-refractivity contribution in [2.75, 3.05) is 26.2 Å². The van der Waals surface area contributed by atoms with Gasteiger partial charge in [0.1, 0.15) is 0 Å². The van der Waals surface area contributed by atoms with Crippen molar-refractivity contribution in [1.29, 1.82) is 0 Å². The van der Waals surface area contributed by atoms with Crippen LogP contribution in [0.2, 0.25) is 0 Å². The minimum Gasteiger partial charge on any atom is -0.374 e. The lowest BCUT2D eigenvalue weighted by Crippen LogP contribution is -2.50. The SMILES string of the molecule is c1ccc(CN2CCO[C@H]3CNC[C@H]32)cc1. The molecule has 3 heteroatoms. The highest BCUT2D eigenvalue weighted by Crippen LogP contribution is 2.19. The first kappa shape index (κ1) is 10.3. The van der Waals surface area contributed by atoms with Crippen molar-refractivity contribution in [3.63, 3.8) is 0 Å². The normalized spacial score (nSPS) is 30.2. The lowest BCUT2D eigenvalue weighted by Gasteiger charge is -2.36. The van der Waals surface area contributed by atoms with Crippen molar-refractivity contribution in [2.45, 2.75) is 18.7 Å². The Morgan fingerprint density at radius 3 is 3.00 bits per heavy atom. The molecule has 0 spiro atoms. The molecule has 2 fully saturated rings. The highest BCUT2D eigenvalue weighted by molar-refractivity contribution is 5.15. The van der Waals surface area contributed by atoms with E-state index in [9.17, 15) is 0 Å². The van der Waals surface area contributed by atoms with E-state index in [2.05, 4.69) is 40.5 Å². The highest BCUT2D eigenvalue weighted by Gasteiger charge is 2.35. The number of hydrogen-bond acceptors (Lipinski definition) is 3. The Morgan fingerprint density at radius 1 is 1.25 bits per heavy atom. The number of nitrogens with zero attached hydrogens (tertiary/aromatic N) is 1. The Labute approximate surface area is 96.4 Å². The molecule has 2 aliphatic heterocycles. The third kappa shape index (κ3) is 1.98. The van der Waals surface area contributed by atoms with Gasteiger partial charge in [-0.25, -0.2) is 0 Å². The van der Waals surface area contributed by atoms with E-state index in [0.717, 1.165) is 32.8 Å². The third-order valence-electron chi connectivity index (χ3n) is 3.54. The van der Waals surface area contributed by atoms with Gasteiger partial charge in [0.25, 0.3) is 0 Å². The fourth-order valence-corrected chi connectivity index (χ4v) is 2.68. The number of hydrogen-bond donors (Lipinski definition) is 1. The van der Waals surface area contributed by atoms with Gasteiger partial charge in [-0.2, -0.15) is 0 Å². The second-order valence-electron chi connectivity index (χ2n) is 4.59. The molecule has 0 amide bonds. The first-order valence-corrected chi connectivity index (χ1v) is 6.04. The third-order valence-corrected chi connectivity index (χ3v) is 3.54. The molecule has 2 aliphatic rings. The summed E-state index contributed by atoms with van der Waals surface area (Å²) >= 11 is 0. The van der Waals surface area contributed by atoms with E-state index in [1.807, 2.05) is 0 Å². The van der Waals surface area contributed by atoms with Gasteiger partial charge in [0, 0.05) is 32.2 Å². The quantitative estimate of drug-likeness (QED) is 0.797. The van der Waals surface area contributed by atoms with Crippen LogP contribution in [0.4, 0.5) is 0 Å². The van der Waals surface area contributed by atoms with Crippen LogP contribution in [0, 0.1) is 0 Å². The summed E-state index contributed by atoms with van der Waals surface area (Å²) in [5.74, 6) is 0. The van der Waals surface area contributed by atoms with Crippen molar-refractivity contribution >= 4 is 0 Å². The monoisotopic (exact) mass is 218 g/mol. The summed E-state index contributed by atoms with van der Waals surface area (Å²) in [5.41, 5.74) is 1.40. The lowest BCUT2D eigenvalue weighted by molar-refractivity contribution is -0.0500. The van der Waals surface area contributed by atoms with Gasteiger partial charge in [-0.15, -0.1) is 0 Å². The van der Waals surface area contributed by atoms with Crippen molar-refractivity contribution in [1.82, 2.24) is 10.2 Å². The van der Waals surface area contributed by atoms with E-state index in [4.69, 9.17) is 4.74 Å². The first-order valence-electron chi connectivity index (χ1n) is 6.04. The fraction of sp³-hybridized carbons (Fsp3) is 0.538. The van der Waals surface area contributed by atoms with Crippen molar-refractivity contribution in [3.8, 4) is 0 Å². The summed E-state index contributed by atoms with van der Waals surface area (Å²) < 4.78 is 5.77. The standard InChI is InChI=1S/C13H18N2O/c1-2-4-11(5-3-1)10-15-6-7-16-13-9-14-8-12(13)15/h1-5,12-14H,6-10H2/t12-,13+/m1/s1. The molecule has 2 heterocycles. The highest BCUT2D eigenvalue weighted by atomic mass is 16.5. The van der Waals surface area contributed by atoms with Gasteiger partial charge in [0.05, 0.1) is 12.7 Å². The molecule has 2 atom stereocenters. The van der Waals surface area contributed by atoms with Crippen LogP contribution < -0.4 is 5.32 Å². The van der Waals surface area contributed by atoms with Crippen molar-refractivity contribution in [2.24, 2.45) is 0 Å². The largest absolute Gasteiger partial charge is 0.374 e. The molecule has 16 heavy (non-hydrogen) atoms. The molecule has 1 aromatic rings. The van der Waals surface area contributed by atoms with Crippen molar-refractivity contribution in [3.05, 3.63) is 35.9 Å². The van der Waals surface area contributed by atoms with Crippen LogP contribution in [-0.2, 0) is 11.3 Å². The van der Waals surface area contributed by atoms with E-state index in [1.165, 1.54) is 5.56 Å². The molecule has 2 saturated heterocycles. The average Bonchev–Trinajstić information content (AvgIpc) is 2.80. The molecule has 3 rings (SSSR count). The topological polar surface area (TPSA) is 24.5 Å².